The lowest BCUT2D eigenvalue weighted by atomic mass is 9.88. The molecule has 0 aromatic carbocycles. The SMILES string of the molecule is CCC(C)(C)CC.N. The van der Waals surface area contributed by atoms with Crippen LogP contribution in [0.15, 0.2) is 0 Å². The van der Waals surface area contributed by atoms with E-state index >= 15 is 0 Å². The molecule has 0 aliphatic carbocycles. The number of rotatable bonds is 2. The molecule has 0 spiro atoms. The van der Waals surface area contributed by atoms with Crippen molar-refractivity contribution in [2.75, 3.05) is 0 Å². The van der Waals surface area contributed by atoms with E-state index in [0.29, 0.717) is 5.41 Å². The lowest BCUT2D eigenvalue weighted by Crippen LogP contribution is -2.05. The standard InChI is InChI=1S/C7H16.H3N/c1-5-7(3,4)6-2;/h5-6H2,1-4H3;1H3. The van der Waals surface area contributed by atoms with Crippen LogP contribution in [0.25, 0.3) is 0 Å². The highest BCUT2D eigenvalue weighted by molar-refractivity contribution is 4.61. The summed E-state index contributed by atoms with van der Waals surface area (Å²) < 4.78 is 0. The van der Waals surface area contributed by atoms with Gasteiger partial charge < -0.3 is 6.15 Å². The molecule has 0 rings (SSSR count). The van der Waals surface area contributed by atoms with Gasteiger partial charge in [0.2, 0.25) is 0 Å². The fourth-order valence-corrected chi connectivity index (χ4v) is 0.250. The summed E-state index contributed by atoms with van der Waals surface area (Å²) in [4.78, 5) is 0. The van der Waals surface area contributed by atoms with Crippen molar-refractivity contribution < 1.29 is 0 Å². The molecule has 0 bridgehead atoms. The van der Waals surface area contributed by atoms with E-state index in [4.69, 9.17) is 0 Å². The normalized spacial score (nSPS) is 10.5. The van der Waals surface area contributed by atoms with Crippen molar-refractivity contribution in [3.8, 4) is 0 Å². The van der Waals surface area contributed by atoms with Crippen molar-refractivity contribution in [1.29, 1.82) is 0 Å². The van der Waals surface area contributed by atoms with Crippen LogP contribution >= 0.6 is 0 Å². The molecule has 0 saturated heterocycles. The van der Waals surface area contributed by atoms with E-state index in [2.05, 4.69) is 27.7 Å². The van der Waals surface area contributed by atoms with Gasteiger partial charge in [-0.05, 0) is 5.41 Å². The van der Waals surface area contributed by atoms with Crippen molar-refractivity contribution in [2.45, 2.75) is 40.5 Å². The molecule has 8 heavy (non-hydrogen) atoms. The van der Waals surface area contributed by atoms with Crippen LogP contribution in [0, 0.1) is 5.41 Å². The summed E-state index contributed by atoms with van der Waals surface area (Å²) in [6.45, 7) is 9.08. The Bertz CT molecular complexity index is 42.3. The van der Waals surface area contributed by atoms with Crippen molar-refractivity contribution in [3.63, 3.8) is 0 Å². The van der Waals surface area contributed by atoms with Crippen molar-refractivity contribution in [2.24, 2.45) is 5.41 Å². The van der Waals surface area contributed by atoms with Crippen molar-refractivity contribution in [1.82, 2.24) is 6.15 Å². The first-order chi connectivity index (χ1) is 3.12. The van der Waals surface area contributed by atoms with Crippen LogP contribution in [0.5, 0.6) is 0 Å². The van der Waals surface area contributed by atoms with Crippen molar-refractivity contribution in [3.05, 3.63) is 0 Å². The Morgan fingerprint density at radius 3 is 1.25 bits per heavy atom. The maximum atomic E-state index is 2.30. The third kappa shape index (κ3) is 4.13. The quantitative estimate of drug-likeness (QED) is 0.592. The van der Waals surface area contributed by atoms with Crippen molar-refractivity contribution >= 4 is 0 Å². The third-order valence-electron chi connectivity index (χ3n) is 1.91. The monoisotopic (exact) mass is 117 g/mol. The fraction of sp³-hybridized carbons (Fsp3) is 1.00. The van der Waals surface area contributed by atoms with Gasteiger partial charge in [0.05, 0.1) is 0 Å². The molecule has 0 unspecified atom stereocenters. The Balaban J connectivity index is 0. The molecule has 0 radical (unpaired) electrons. The molecule has 52 valence electrons. The van der Waals surface area contributed by atoms with Crippen LogP contribution in [0.4, 0.5) is 0 Å². The zero-order chi connectivity index (χ0) is 5.91. The summed E-state index contributed by atoms with van der Waals surface area (Å²) in [5, 5.41) is 0. The average molecular weight is 117 g/mol. The van der Waals surface area contributed by atoms with Gasteiger partial charge in [-0.15, -0.1) is 0 Å². The summed E-state index contributed by atoms with van der Waals surface area (Å²) in [5.74, 6) is 0. The van der Waals surface area contributed by atoms with Gasteiger partial charge in [-0.25, -0.2) is 0 Å². The summed E-state index contributed by atoms with van der Waals surface area (Å²) in [5.41, 5.74) is 0.583. The van der Waals surface area contributed by atoms with E-state index in [0.717, 1.165) is 0 Å². The first-order valence-electron chi connectivity index (χ1n) is 3.12. The second kappa shape index (κ2) is 3.90. The van der Waals surface area contributed by atoms with E-state index in [-0.39, 0.29) is 6.15 Å². The van der Waals surface area contributed by atoms with Crippen LogP contribution in [-0.4, -0.2) is 0 Å². The predicted molar refractivity (Wildman–Crippen MR) is 39.4 cm³/mol. The molecule has 0 heterocycles. The van der Waals surface area contributed by atoms with E-state index in [9.17, 15) is 0 Å². The zero-order valence-corrected chi connectivity index (χ0v) is 6.62. The van der Waals surface area contributed by atoms with Gasteiger partial charge in [-0.1, -0.05) is 40.5 Å². The minimum atomic E-state index is 0. The minimum Gasteiger partial charge on any atom is -0.344 e. The number of hydrogen-bond donors (Lipinski definition) is 1. The van der Waals surface area contributed by atoms with Gasteiger partial charge >= 0.3 is 0 Å². The van der Waals surface area contributed by atoms with E-state index in [1.807, 2.05) is 0 Å². The molecule has 1 heteroatoms. The lowest BCUT2D eigenvalue weighted by Gasteiger charge is -2.18. The van der Waals surface area contributed by atoms with Crippen LogP contribution in [0.2, 0.25) is 0 Å². The molecule has 0 aliphatic heterocycles. The number of hydrogen-bond acceptors (Lipinski definition) is 1. The second-order valence-electron chi connectivity index (χ2n) is 2.87. The molecule has 3 N–H and O–H groups in total. The van der Waals surface area contributed by atoms with Gasteiger partial charge in [-0.3, -0.25) is 0 Å². The van der Waals surface area contributed by atoms with E-state index in [1.165, 1.54) is 12.8 Å². The summed E-state index contributed by atoms with van der Waals surface area (Å²) in [7, 11) is 0. The Morgan fingerprint density at radius 2 is 1.25 bits per heavy atom. The Labute approximate surface area is 53.1 Å². The maximum absolute atomic E-state index is 2.30. The smallest absolute Gasteiger partial charge is 0.0359 e. The molecule has 0 saturated carbocycles. The third-order valence-corrected chi connectivity index (χ3v) is 1.91. The highest BCUT2D eigenvalue weighted by Gasteiger charge is 2.09. The molecule has 0 amide bonds. The fourth-order valence-electron chi connectivity index (χ4n) is 0.250. The van der Waals surface area contributed by atoms with Gasteiger partial charge in [0, 0.05) is 0 Å². The largest absolute Gasteiger partial charge is 0.344 e. The molecule has 0 aromatic heterocycles. The Kier molecular flexibility index (Phi) is 5.29. The van der Waals surface area contributed by atoms with Gasteiger partial charge in [0.15, 0.2) is 0 Å². The molecule has 0 atom stereocenters. The Hall–Kier alpha value is -0.0400. The molecular formula is C7H19N. The summed E-state index contributed by atoms with van der Waals surface area (Å²) >= 11 is 0. The van der Waals surface area contributed by atoms with Crippen LogP contribution < -0.4 is 6.15 Å². The molecule has 0 fully saturated rings. The highest BCUT2D eigenvalue weighted by atomic mass is 14.1. The predicted octanol–water partition coefficient (Wildman–Crippen LogP) is 2.99. The lowest BCUT2D eigenvalue weighted by molar-refractivity contribution is 0.338. The summed E-state index contributed by atoms with van der Waals surface area (Å²) in [6, 6.07) is 0. The van der Waals surface area contributed by atoms with Crippen LogP contribution in [0.1, 0.15) is 40.5 Å². The highest BCUT2D eigenvalue weighted by Crippen LogP contribution is 2.22. The molecular weight excluding hydrogens is 98.1 g/mol. The van der Waals surface area contributed by atoms with E-state index in [1.54, 1.807) is 0 Å². The topological polar surface area (TPSA) is 35.0 Å². The minimum absolute atomic E-state index is 0. The van der Waals surface area contributed by atoms with Gasteiger partial charge in [0.25, 0.3) is 0 Å². The van der Waals surface area contributed by atoms with Crippen LogP contribution in [0.3, 0.4) is 0 Å². The maximum Gasteiger partial charge on any atom is -0.0359 e. The molecule has 1 nitrogen and oxygen atoms in total. The van der Waals surface area contributed by atoms with Crippen LogP contribution in [-0.2, 0) is 0 Å². The summed E-state index contributed by atoms with van der Waals surface area (Å²) in [6.07, 6.45) is 2.59. The van der Waals surface area contributed by atoms with Gasteiger partial charge in [-0.2, -0.15) is 0 Å². The zero-order valence-electron chi connectivity index (χ0n) is 6.62. The Morgan fingerprint density at radius 1 is 1.00 bits per heavy atom. The second-order valence-corrected chi connectivity index (χ2v) is 2.87. The van der Waals surface area contributed by atoms with Gasteiger partial charge in [0.1, 0.15) is 0 Å². The molecule has 0 aliphatic rings. The first-order valence-corrected chi connectivity index (χ1v) is 3.12. The average Bonchev–Trinajstić information content (AvgIpc) is 1.68. The molecule has 0 aromatic rings. The van der Waals surface area contributed by atoms with E-state index < -0.39 is 0 Å². The first kappa shape index (κ1) is 10.9.